The SMILES string of the molecule is CCC/C(C)=N\NC(=O)c1cccc(Cl)c1. The number of hydrazone groups is 1. The topological polar surface area (TPSA) is 41.5 Å². The third-order valence-corrected chi connectivity index (χ3v) is 2.28. The van der Waals surface area contributed by atoms with E-state index >= 15 is 0 Å². The van der Waals surface area contributed by atoms with Crippen LogP contribution in [0.5, 0.6) is 0 Å². The van der Waals surface area contributed by atoms with E-state index in [1.165, 1.54) is 0 Å². The molecule has 1 aromatic rings. The maximum absolute atomic E-state index is 11.6. The van der Waals surface area contributed by atoms with Gasteiger partial charge in [-0.05, 0) is 31.5 Å². The van der Waals surface area contributed by atoms with Crippen molar-refractivity contribution in [2.45, 2.75) is 26.7 Å². The number of rotatable bonds is 4. The summed E-state index contributed by atoms with van der Waals surface area (Å²) in [5, 5.41) is 4.54. The molecule has 0 aliphatic rings. The average molecular weight is 239 g/mol. The zero-order valence-corrected chi connectivity index (χ0v) is 10.2. The molecular weight excluding hydrogens is 224 g/mol. The molecule has 0 fully saturated rings. The van der Waals surface area contributed by atoms with E-state index in [2.05, 4.69) is 17.5 Å². The standard InChI is InChI=1S/C12H15ClN2O/c1-3-5-9(2)14-15-12(16)10-6-4-7-11(13)8-10/h4,6-8H,3,5H2,1-2H3,(H,15,16)/b14-9-. The Balaban J connectivity index is 2.63. The van der Waals surface area contributed by atoms with Crippen molar-refractivity contribution in [2.24, 2.45) is 5.10 Å². The Morgan fingerprint density at radius 3 is 2.88 bits per heavy atom. The summed E-state index contributed by atoms with van der Waals surface area (Å²) in [7, 11) is 0. The first kappa shape index (κ1) is 12.7. The second-order valence-electron chi connectivity index (χ2n) is 3.55. The molecule has 0 radical (unpaired) electrons. The monoisotopic (exact) mass is 238 g/mol. The van der Waals surface area contributed by atoms with Gasteiger partial charge in [0.2, 0.25) is 0 Å². The Hall–Kier alpha value is -1.35. The smallest absolute Gasteiger partial charge is 0.267 e. The fourth-order valence-electron chi connectivity index (χ4n) is 1.26. The molecule has 0 saturated carbocycles. The van der Waals surface area contributed by atoms with Crippen molar-refractivity contribution in [3.8, 4) is 0 Å². The molecule has 0 heterocycles. The van der Waals surface area contributed by atoms with E-state index in [0.29, 0.717) is 10.6 Å². The maximum Gasteiger partial charge on any atom is 0.271 e. The number of nitrogens with one attached hydrogen (secondary N) is 1. The van der Waals surface area contributed by atoms with Crippen LogP contribution in [0.15, 0.2) is 29.4 Å². The molecule has 0 unspecified atom stereocenters. The fourth-order valence-corrected chi connectivity index (χ4v) is 1.45. The van der Waals surface area contributed by atoms with Crippen LogP contribution >= 0.6 is 11.6 Å². The van der Waals surface area contributed by atoms with Gasteiger partial charge in [0.1, 0.15) is 0 Å². The van der Waals surface area contributed by atoms with Crippen LogP contribution in [0.2, 0.25) is 5.02 Å². The van der Waals surface area contributed by atoms with Gasteiger partial charge in [-0.15, -0.1) is 0 Å². The Morgan fingerprint density at radius 2 is 2.25 bits per heavy atom. The maximum atomic E-state index is 11.6. The van der Waals surface area contributed by atoms with Crippen LogP contribution in [0, 0.1) is 0 Å². The summed E-state index contributed by atoms with van der Waals surface area (Å²) < 4.78 is 0. The van der Waals surface area contributed by atoms with Gasteiger partial charge in [-0.3, -0.25) is 4.79 Å². The highest BCUT2D eigenvalue weighted by atomic mass is 35.5. The average Bonchev–Trinajstić information content (AvgIpc) is 2.26. The van der Waals surface area contributed by atoms with Crippen LogP contribution in [0.3, 0.4) is 0 Å². The van der Waals surface area contributed by atoms with E-state index in [-0.39, 0.29) is 5.91 Å². The highest BCUT2D eigenvalue weighted by Crippen LogP contribution is 2.10. The van der Waals surface area contributed by atoms with Gasteiger partial charge in [0.25, 0.3) is 5.91 Å². The quantitative estimate of drug-likeness (QED) is 0.635. The van der Waals surface area contributed by atoms with Gasteiger partial charge < -0.3 is 0 Å². The van der Waals surface area contributed by atoms with E-state index in [9.17, 15) is 4.79 Å². The molecule has 1 N–H and O–H groups in total. The second-order valence-corrected chi connectivity index (χ2v) is 3.98. The zero-order chi connectivity index (χ0) is 12.0. The van der Waals surface area contributed by atoms with Crippen molar-refractivity contribution in [1.29, 1.82) is 0 Å². The van der Waals surface area contributed by atoms with Crippen molar-refractivity contribution in [3.05, 3.63) is 34.9 Å². The number of nitrogens with zero attached hydrogens (tertiary/aromatic N) is 1. The molecule has 0 aliphatic heterocycles. The van der Waals surface area contributed by atoms with Crippen LogP contribution in [0.1, 0.15) is 37.0 Å². The van der Waals surface area contributed by atoms with Crippen LogP contribution < -0.4 is 5.43 Å². The summed E-state index contributed by atoms with van der Waals surface area (Å²) in [6, 6.07) is 6.78. The molecule has 16 heavy (non-hydrogen) atoms. The van der Waals surface area contributed by atoms with Gasteiger partial charge in [0.15, 0.2) is 0 Å². The van der Waals surface area contributed by atoms with Crippen molar-refractivity contribution in [1.82, 2.24) is 5.43 Å². The number of hydrogen-bond donors (Lipinski definition) is 1. The summed E-state index contributed by atoms with van der Waals surface area (Å²) in [6.07, 6.45) is 1.90. The van der Waals surface area contributed by atoms with E-state index in [1.807, 2.05) is 6.92 Å². The van der Waals surface area contributed by atoms with Crippen molar-refractivity contribution in [2.75, 3.05) is 0 Å². The summed E-state index contributed by atoms with van der Waals surface area (Å²) in [4.78, 5) is 11.6. The molecule has 0 aliphatic carbocycles. The lowest BCUT2D eigenvalue weighted by molar-refractivity contribution is 0.0954. The predicted molar refractivity (Wildman–Crippen MR) is 66.9 cm³/mol. The van der Waals surface area contributed by atoms with E-state index < -0.39 is 0 Å². The van der Waals surface area contributed by atoms with Gasteiger partial charge in [-0.2, -0.15) is 5.10 Å². The van der Waals surface area contributed by atoms with Crippen LogP contribution in [0.4, 0.5) is 0 Å². The van der Waals surface area contributed by atoms with Gasteiger partial charge in [0, 0.05) is 16.3 Å². The van der Waals surface area contributed by atoms with Crippen LogP contribution in [0.25, 0.3) is 0 Å². The highest BCUT2D eigenvalue weighted by molar-refractivity contribution is 6.30. The fraction of sp³-hybridized carbons (Fsp3) is 0.333. The predicted octanol–water partition coefficient (Wildman–Crippen LogP) is 3.25. The van der Waals surface area contributed by atoms with E-state index in [1.54, 1.807) is 24.3 Å². The van der Waals surface area contributed by atoms with E-state index in [0.717, 1.165) is 18.6 Å². The number of halogens is 1. The van der Waals surface area contributed by atoms with Gasteiger partial charge >= 0.3 is 0 Å². The summed E-state index contributed by atoms with van der Waals surface area (Å²) in [6.45, 7) is 3.96. The molecule has 86 valence electrons. The van der Waals surface area contributed by atoms with Crippen molar-refractivity contribution < 1.29 is 4.79 Å². The second kappa shape index (κ2) is 6.28. The first-order valence-electron chi connectivity index (χ1n) is 5.22. The minimum absolute atomic E-state index is 0.238. The number of carbonyl (C=O) groups is 1. The normalized spacial score (nSPS) is 11.3. The Kier molecular flexibility index (Phi) is 4.99. The molecule has 0 bridgehead atoms. The lowest BCUT2D eigenvalue weighted by atomic mass is 10.2. The third kappa shape index (κ3) is 4.03. The van der Waals surface area contributed by atoms with Gasteiger partial charge in [-0.1, -0.05) is 31.0 Å². The lowest BCUT2D eigenvalue weighted by Crippen LogP contribution is -2.18. The highest BCUT2D eigenvalue weighted by Gasteiger charge is 2.04. The van der Waals surface area contributed by atoms with Gasteiger partial charge in [-0.25, -0.2) is 5.43 Å². The summed E-state index contributed by atoms with van der Waals surface area (Å²) >= 11 is 5.79. The largest absolute Gasteiger partial charge is 0.271 e. The Bertz CT molecular complexity index is 402. The zero-order valence-electron chi connectivity index (χ0n) is 9.46. The molecule has 4 heteroatoms. The molecule has 0 spiro atoms. The number of carbonyl (C=O) groups excluding carboxylic acids is 1. The molecule has 0 aromatic heterocycles. The molecule has 1 rings (SSSR count). The minimum Gasteiger partial charge on any atom is -0.267 e. The summed E-state index contributed by atoms with van der Waals surface area (Å²) in [5.41, 5.74) is 3.93. The number of hydrogen-bond acceptors (Lipinski definition) is 2. The lowest BCUT2D eigenvalue weighted by Gasteiger charge is -2.02. The molecule has 1 aromatic carbocycles. The molecule has 0 atom stereocenters. The minimum atomic E-state index is -0.238. The number of amides is 1. The molecule has 0 saturated heterocycles. The third-order valence-electron chi connectivity index (χ3n) is 2.05. The van der Waals surface area contributed by atoms with Crippen molar-refractivity contribution in [3.63, 3.8) is 0 Å². The van der Waals surface area contributed by atoms with E-state index in [4.69, 9.17) is 11.6 Å². The van der Waals surface area contributed by atoms with Crippen LogP contribution in [-0.2, 0) is 0 Å². The van der Waals surface area contributed by atoms with Crippen LogP contribution in [-0.4, -0.2) is 11.6 Å². The first-order chi connectivity index (χ1) is 7.63. The molecular formula is C12H15ClN2O. The Morgan fingerprint density at radius 1 is 1.50 bits per heavy atom. The molecule has 1 amide bonds. The molecule has 3 nitrogen and oxygen atoms in total. The van der Waals surface area contributed by atoms with Gasteiger partial charge in [0.05, 0.1) is 0 Å². The Labute approximate surface area is 101 Å². The summed E-state index contributed by atoms with van der Waals surface area (Å²) in [5.74, 6) is -0.238. The number of benzene rings is 1. The van der Waals surface area contributed by atoms with Crippen molar-refractivity contribution >= 4 is 23.2 Å². The first-order valence-corrected chi connectivity index (χ1v) is 5.60.